The highest BCUT2D eigenvalue weighted by atomic mass is 14.9. The van der Waals surface area contributed by atoms with Crippen molar-refractivity contribution in [2.45, 2.75) is 0 Å². The largest absolute Gasteiger partial charge is 0.354 e. The highest BCUT2D eigenvalue weighted by Gasteiger charge is 2.19. The van der Waals surface area contributed by atoms with Crippen molar-refractivity contribution in [1.82, 2.24) is 4.98 Å². The summed E-state index contributed by atoms with van der Waals surface area (Å²) in [5.41, 5.74) is 7.95. The van der Waals surface area contributed by atoms with Crippen molar-refractivity contribution in [2.75, 3.05) is 5.32 Å². The van der Waals surface area contributed by atoms with Gasteiger partial charge in [0.2, 0.25) is 0 Å². The minimum atomic E-state index is 1.02. The van der Waals surface area contributed by atoms with E-state index in [0.717, 1.165) is 28.1 Å². The number of rotatable bonds is 1. The third kappa shape index (κ3) is 1.85. The van der Waals surface area contributed by atoms with E-state index < -0.39 is 0 Å². The molecule has 0 saturated carbocycles. The van der Waals surface area contributed by atoms with Crippen molar-refractivity contribution >= 4 is 22.3 Å². The number of nitrogens with zero attached hydrogens (tertiary/aromatic N) is 1. The lowest BCUT2D eigenvalue weighted by Crippen LogP contribution is -2.02. The number of nitrogens with one attached hydrogen (secondary N) is 1. The number of hydrogen-bond acceptors (Lipinski definition) is 2. The molecule has 1 aliphatic heterocycles. The Morgan fingerprint density at radius 3 is 2.35 bits per heavy atom. The molecule has 23 heavy (non-hydrogen) atoms. The molecule has 0 aliphatic carbocycles. The fraction of sp³-hybridized carbons (Fsp3) is 0. The van der Waals surface area contributed by atoms with Crippen molar-refractivity contribution in [1.29, 1.82) is 0 Å². The van der Waals surface area contributed by atoms with Crippen molar-refractivity contribution in [2.24, 2.45) is 0 Å². The van der Waals surface area contributed by atoms with Crippen molar-refractivity contribution in [3.8, 4) is 22.4 Å². The van der Waals surface area contributed by atoms with Crippen molar-refractivity contribution in [3.05, 3.63) is 78.9 Å². The van der Waals surface area contributed by atoms with Gasteiger partial charge >= 0.3 is 0 Å². The van der Waals surface area contributed by atoms with E-state index in [9.17, 15) is 0 Å². The molecule has 0 unspecified atom stereocenters. The van der Waals surface area contributed by atoms with Crippen molar-refractivity contribution < 1.29 is 0 Å². The summed E-state index contributed by atoms with van der Waals surface area (Å²) in [4.78, 5) is 4.88. The summed E-state index contributed by atoms with van der Waals surface area (Å²) in [5, 5.41) is 4.72. The molecule has 4 aromatic rings. The quantitative estimate of drug-likeness (QED) is 0.433. The topological polar surface area (TPSA) is 24.9 Å². The average molecular weight is 294 g/mol. The SMILES string of the molecule is c1ccc(-c2cc3c4c(cccc4n2)Nc2ccccc2-3)cc1. The Hall–Kier alpha value is -3.13. The van der Waals surface area contributed by atoms with Gasteiger partial charge < -0.3 is 5.32 Å². The lowest BCUT2D eigenvalue weighted by atomic mass is 9.93. The summed E-state index contributed by atoms with van der Waals surface area (Å²) < 4.78 is 0. The summed E-state index contributed by atoms with van der Waals surface area (Å²) in [7, 11) is 0. The summed E-state index contributed by atoms with van der Waals surface area (Å²) in [6.07, 6.45) is 0. The van der Waals surface area contributed by atoms with Gasteiger partial charge in [0, 0.05) is 27.9 Å². The van der Waals surface area contributed by atoms with Crippen LogP contribution in [0.4, 0.5) is 11.4 Å². The second kappa shape index (κ2) is 4.68. The van der Waals surface area contributed by atoms with Gasteiger partial charge in [-0.15, -0.1) is 0 Å². The highest BCUT2D eigenvalue weighted by molar-refractivity contribution is 6.10. The van der Waals surface area contributed by atoms with E-state index in [1.54, 1.807) is 0 Å². The predicted molar refractivity (Wildman–Crippen MR) is 95.9 cm³/mol. The summed E-state index contributed by atoms with van der Waals surface area (Å²) >= 11 is 0. The summed E-state index contributed by atoms with van der Waals surface area (Å²) in [6, 6.07) is 27.3. The monoisotopic (exact) mass is 294 g/mol. The fourth-order valence-corrected chi connectivity index (χ4v) is 3.33. The van der Waals surface area contributed by atoms with Gasteiger partial charge in [-0.3, -0.25) is 0 Å². The molecule has 0 bridgehead atoms. The first-order chi connectivity index (χ1) is 11.4. The number of anilines is 2. The highest BCUT2D eigenvalue weighted by Crippen LogP contribution is 2.44. The van der Waals surface area contributed by atoms with E-state index in [-0.39, 0.29) is 0 Å². The number of benzene rings is 3. The Labute approximate surface area is 134 Å². The Bertz CT molecular complexity index is 1040. The van der Waals surface area contributed by atoms with E-state index in [1.165, 1.54) is 16.5 Å². The van der Waals surface area contributed by atoms with Crippen LogP contribution in [0.1, 0.15) is 0 Å². The van der Waals surface area contributed by atoms with Crippen LogP contribution in [0.2, 0.25) is 0 Å². The molecule has 0 spiro atoms. The van der Waals surface area contributed by atoms with Gasteiger partial charge in [0.05, 0.1) is 11.2 Å². The van der Waals surface area contributed by atoms with Crippen LogP contribution in [-0.4, -0.2) is 4.98 Å². The molecule has 5 rings (SSSR count). The van der Waals surface area contributed by atoms with Gasteiger partial charge in [-0.05, 0) is 29.8 Å². The maximum atomic E-state index is 4.88. The Kier molecular flexibility index (Phi) is 2.53. The molecular formula is C21H14N2. The first kappa shape index (κ1) is 12.4. The number of fused-ring (bicyclic) bond motifs is 2. The van der Waals surface area contributed by atoms with Crippen LogP contribution in [0.25, 0.3) is 33.3 Å². The Morgan fingerprint density at radius 2 is 1.43 bits per heavy atom. The molecule has 0 saturated heterocycles. The lowest BCUT2D eigenvalue weighted by molar-refractivity contribution is 1.39. The van der Waals surface area contributed by atoms with E-state index in [4.69, 9.17) is 4.98 Å². The number of hydrogen-bond donors (Lipinski definition) is 1. The summed E-state index contributed by atoms with van der Waals surface area (Å²) in [5.74, 6) is 0. The third-order valence-electron chi connectivity index (χ3n) is 4.39. The molecular weight excluding hydrogens is 280 g/mol. The van der Waals surface area contributed by atoms with Gasteiger partial charge in [0.25, 0.3) is 0 Å². The maximum Gasteiger partial charge on any atom is 0.0736 e. The average Bonchev–Trinajstić information content (AvgIpc) is 2.62. The van der Waals surface area contributed by atoms with Crippen LogP contribution in [0, 0.1) is 0 Å². The van der Waals surface area contributed by atoms with E-state index in [1.807, 2.05) is 6.07 Å². The maximum absolute atomic E-state index is 4.88. The second-order valence-corrected chi connectivity index (χ2v) is 5.79. The fourth-order valence-electron chi connectivity index (χ4n) is 3.33. The molecule has 3 aromatic carbocycles. The molecule has 0 radical (unpaired) electrons. The van der Waals surface area contributed by atoms with Gasteiger partial charge in [-0.2, -0.15) is 0 Å². The molecule has 1 aromatic heterocycles. The van der Waals surface area contributed by atoms with Crippen LogP contribution >= 0.6 is 0 Å². The number of para-hydroxylation sites is 1. The van der Waals surface area contributed by atoms with E-state index in [2.05, 4.69) is 78.1 Å². The molecule has 1 N–H and O–H groups in total. The third-order valence-corrected chi connectivity index (χ3v) is 4.39. The van der Waals surface area contributed by atoms with E-state index >= 15 is 0 Å². The molecule has 2 nitrogen and oxygen atoms in total. The van der Waals surface area contributed by atoms with Crippen LogP contribution in [0.15, 0.2) is 78.9 Å². The van der Waals surface area contributed by atoms with Crippen LogP contribution < -0.4 is 5.32 Å². The minimum Gasteiger partial charge on any atom is -0.354 e. The summed E-state index contributed by atoms with van der Waals surface area (Å²) in [6.45, 7) is 0. The Balaban J connectivity index is 1.89. The normalized spacial score (nSPS) is 11.8. The van der Waals surface area contributed by atoms with Crippen LogP contribution in [-0.2, 0) is 0 Å². The van der Waals surface area contributed by atoms with Crippen LogP contribution in [0.3, 0.4) is 0 Å². The molecule has 2 heteroatoms. The van der Waals surface area contributed by atoms with Gasteiger partial charge in [0.15, 0.2) is 0 Å². The zero-order valence-corrected chi connectivity index (χ0v) is 12.5. The zero-order valence-electron chi connectivity index (χ0n) is 12.5. The number of aromatic nitrogens is 1. The van der Waals surface area contributed by atoms with Gasteiger partial charge in [0.1, 0.15) is 0 Å². The van der Waals surface area contributed by atoms with Gasteiger partial charge in [-0.1, -0.05) is 54.6 Å². The van der Waals surface area contributed by atoms with Gasteiger partial charge in [-0.25, -0.2) is 4.98 Å². The number of pyridine rings is 1. The van der Waals surface area contributed by atoms with Crippen molar-refractivity contribution in [3.63, 3.8) is 0 Å². The predicted octanol–water partition coefficient (Wildman–Crippen LogP) is 5.63. The van der Waals surface area contributed by atoms with Crippen LogP contribution in [0.5, 0.6) is 0 Å². The molecule has 108 valence electrons. The Morgan fingerprint density at radius 1 is 0.652 bits per heavy atom. The molecule has 0 atom stereocenters. The standard InChI is InChI=1S/C21H14N2/c1-2-7-14(8-3-1)20-13-16-15-9-4-5-10-17(15)22-18-11-6-12-19(23-20)21(16)18/h1-13,22H. The minimum absolute atomic E-state index is 1.02. The molecule has 0 fully saturated rings. The molecule has 2 heterocycles. The zero-order chi connectivity index (χ0) is 15.2. The lowest BCUT2D eigenvalue weighted by Gasteiger charge is -2.22. The molecule has 1 aliphatic rings. The second-order valence-electron chi connectivity index (χ2n) is 5.79. The first-order valence-electron chi connectivity index (χ1n) is 7.76. The molecule has 0 amide bonds. The first-order valence-corrected chi connectivity index (χ1v) is 7.76. The smallest absolute Gasteiger partial charge is 0.0736 e. The van der Waals surface area contributed by atoms with E-state index in [0.29, 0.717) is 0 Å².